The summed E-state index contributed by atoms with van der Waals surface area (Å²) in [4.78, 5) is 22.1. The van der Waals surface area contributed by atoms with Crippen LogP contribution in [-0.2, 0) is 14.3 Å². The molecule has 0 unspecified atom stereocenters. The van der Waals surface area contributed by atoms with E-state index in [-0.39, 0.29) is 19.0 Å². The predicted octanol–water partition coefficient (Wildman–Crippen LogP) is 0.433. The van der Waals surface area contributed by atoms with Gasteiger partial charge >= 0.3 is 12.1 Å². The number of halogens is 1. The lowest BCUT2D eigenvalue weighted by Gasteiger charge is -2.14. The maximum atomic E-state index is 11.4. The number of esters is 1. The highest BCUT2D eigenvalue weighted by atomic mass is 35.5. The van der Waals surface area contributed by atoms with Crippen LogP contribution in [0, 0.1) is 5.92 Å². The first-order valence-corrected chi connectivity index (χ1v) is 5.35. The summed E-state index contributed by atoms with van der Waals surface area (Å²) in [5.41, 5.74) is 5.63. The lowest BCUT2D eigenvalue weighted by molar-refractivity contribution is -0.148. The van der Waals surface area contributed by atoms with Gasteiger partial charge in [-0.15, -0.1) is 12.4 Å². The van der Waals surface area contributed by atoms with Crippen LogP contribution in [-0.4, -0.2) is 37.4 Å². The lowest BCUT2D eigenvalue weighted by Crippen LogP contribution is -2.35. The molecule has 6 nitrogen and oxygen atoms in total. The van der Waals surface area contributed by atoms with Crippen LogP contribution in [0.5, 0.6) is 0 Å². The molecule has 0 aromatic heterocycles. The lowest BCUT2D eigenvalue weighted by atomic mass is 10.1. The average molecular weight is 267 g/mol. The van der Waals surface area contributed by atoms with Crippen molar-refractivity contribution >= 4 is 24.5 Å². The molecule has 1 saturated heterocycles. The van der Waals surface area contributed by atoms with Gasteiger partial charge in [0.25, 0.3) is 0 Å². The van der Waals surface area contributed by atoms with E-state index in [0.717, 1.165) is 0 Å². The molecule has 1 fully saturated rings. The van der Waals surface area contributed by atoms with Crippen molar-refractivity contribution in [1.82, 2.24) is 5.32 Å². The summed E-state index contributed by atoms with van der Waals surface area (Å²) < 4.78 is 9.76. The maximum absolute atomic E-state index is 11.4. The number of amides is 1. The summed E-state index contributed by atoms with van der Waals surface area (Å²) in [6.07, 6.45) is -0.295. The first kappa shape index (κ1) is 16.0. The number of cyclic esters (lactones) is 1. The molecule has 0 aromatic rings. The van der Waals surface area contributed by atoms with Crippen LogP contribution in [0.3, 0.4) is 0 Å². The van der Waals surface area contributed by atoms with Crippen molar-refractivity contribution in [3.63, 3.8) is 0 Å². The molecule has 0 aromatic carbocycles. The number of nitrogens with two attached hydrogens (primary N) is 1. The van der Waals surface area contributed by atoms with Gasteiger partial charge in [0, 0.05) is 0 Å². The highest BCUT2D eigenvalue weighted by Crippen LogP contribution is 2.06. The Hall–Kier alpha value is -1.01. The van der Waals surface area contributed by atoms with Crippen LogP contribution in [0.4, 0.5) is 4.79 Å². The summed E-state index contributed by atoms with van der Waals surface area (Å²) in [5.74, 6) is -0.106. The molecule has 1 aliphatic heterocycles. The third-order valence-corrected chi connectivity index (χ3v) is 2.19. The maximum Gasteiger partial charge on any atom is 0.407 e. The third-order valence-electron chi connectivity index (χ3n) is 2.19. The zero-order valence-electron chi connectivity index (χ0n) is 9.97. The van der Waals surface area contributed by atoms with Crippen molar-refractivity contribution in [1.29, 1.82) is 0 Å². The van der Waals surface area contributed by atoms with Gasteiger partial charge in [-0.05, 0) is 12.3 Å². The quantitative estimate of drug-likeness (QED) is 0.705. The van der Waals surface area contributed by atoms with Crippen LogP contribution < -0.4 is 11.1 Å². The Balaban J connectivity index is 0.00000256. The second kappa shape index (κ2) is 7.34. The number of alkyl carbamates (subject to hydrolysis) is 1. The topological polar surface area (TPSA) is 90.7 Å². The fraction of sp³-hybridized carbons (Fsp3) is 0.800. The second-order valence-electron chi connectivity index (χ2n) is 4.27. The summed E-state index contributed by atoms with van der Waals surface area (Å²) in [6.45, 7) is 4.39. The highest BCUT2D eigenvalue weighted by Gasteiger charge is 2.25. The van der Waals surface area contributed by atoms with Crippen molar-refractivity contribution in [2.75, 3.05) is 13.2 Å². The van der Waals surface area contributed by atoms with Gasteiger partial charge in [0.1, 0.15) is 12.6 Å². The SMILES string of the molecule is CC(C)C[C@H](N)C(=O)OC[C@H]1CNC(=O)O1.Cl. The van der Waals surface area contributed by atoms with E-state index < -0.39 is 24.2 Å². The Morgan fingerprint density at radius 1 is 1.65 bits per heavy atom. The first-order chi connectivity index (χ1) is 7.49. The molecule has 1 rings (SSSR count). The molecule has 3 N–H and O–H groups in total. The fourth-order valence-corrected chi connectivity index (χ4v) is 1.41. The van der Waals surface area contributed by atoms with Crippen molar-refractivity contribution in [2.45, 2.75) is 32.4 Å². The second-order valence-corrected chi connectivity index (χ2v) is 4.27. The van der Waals surface area contributed by atoms with Crippen molar-refractivity contribution in [3.8, 4) is 0 Å². The zero-order chi connectivity index (χ0) is 12.1. The molecule has 0 bridgehead atoms. The fourth-order valence-electron chi connectivity index (χ4n) is 1.41. The van der Waals surface area contributed by atoms with Crippen LogP contribution in [0.2, 0.25) is 0 Å². The minimum atomic E-state index is -0.606. The molecule has 7 heteroatoms. The molecule has 1 heterocycles. The minimum Gasteiger partial charge on any atom is -0.461 e. The molecule has 0 spiro atoms. The van der Waals surface area contributed by atoms with E-state index in [9.17, 15) is 9.59 Å². The minimum absolute atomic E-state index is 0. The molecule has 0 aliphatic carbocycles. The van der Waals surface area contributed by atoms with Gasteiger partial charge in [0.05, 0.1) is 6.54 Å². The normalized spacial score (nSPS) is 20.2. The first-order valence-electron chi connectivity index (χ1n) is 5.35. The van der Waals surface area contributed by atoms with Crippen molar-refractivity contribution in [3.05, 3.63) is 0 Å². The largest absolute Gasteiger partial charge is 0.461 e. The van der Waals surface area contributed by atoms with E-state index in [4.69, 9.17) is 15.2 Å². The van der Waals surface area contributed by atoms with E-state index >= 15 is 0 Å². The highest BCUT2D eigenvalue weighted by molar-refractivity contribution is 5.85. The van der Waals surface area contributed by atoms with Gasteiger partial charge in [-0.2, -0.15) is 0 Å². The van der Waals surface area contributed by atoms with Crippen LogP contribution in [0.1, 0.15) is 20.3 Å². The molecular weight excluding hydrogens is 248 g/mol. The summed E-state index contributed by atoms with van der Waals surface area (Å²) in [6, 6.07) is -0.606. The predicted molar refractivity (Wildman–Crippen MR) is 63.9 cm³/mol. The molecule has 0 saturated carbocycles. The van der Waals surface area contributed by atoms with Gasteiger partial charge in [-0.1, -0.05) is 13.8 Å². The van der Waals surface area contributed by atoms with Crippen molar-refractivity contribution in [2.24, 2.45) is 11.7 Å². The van der Waals surface area contributed by atoms with Gasteiger partial charge in [-0.3, -0.25) is 4.79 Å². The Bertz CT molecular complexity index is 273. The molecule has 100 valence electrons. The number of nitrogens with one attached hydrogen (secondary N) is 1. The Morgan fingerprint density at radius 3 is 2.76 bits per heavy atom. The molecule has 17 heavy (non-hydrogen) atoms. The molecule has 1 aliphatic rings. The van der Waals surface area contributed by atoms with Gasteiger partial charge in [-0.25, -0.2) is 4.79 Å². The van der Waals surface area contributed by atoms with Gasteiger partial charge < -0.3 is 20.5 Å². The van der Waals surface area contributed by atoms with E-state index in [0.29, 0.717) is 18.9 Å². The number of hydrogen-bond donors (Lipinski definition) is 2. The Kier molecular flexibility index (Phi) is 6.91. The standard InChI is InChI=1S/C10H18N2O4.ClH/c1-6(2)3-8(11)9(13)15-5-7-4-12-10(14)16-7;/h6-8H,3-5,11H2,1-2H3,(H,12,14);1H/t7-,8+;/m1./s1. The number of hydrogen-bond acceptors (Lipinski definition) is 5. The summed E-state index contributed by atoms with van der Waals surface area (Å²) >= 11 is 0. The van der Waals surface area contributed by atoms with E-state index in [1.165, 1.54) is 0 Å². The van der Waals surface area contributed by atoms with E-state index in [1.54, 1.807) is 0 Å². The number of ether oxygens (including phenoxy) is 2. The number of carbonyl (C=O) groups excluding carboxylic acids is 2. The summed E-state index contributed by atoms with van der Waals surface area (Å²) in [7, 11) is 0. The monoisotopic (exact) mass is 266 g/mol. The van der Waals surface area contributed by atoms with Gasteiger partial charge in [0.2, 0.25) is 0 Å². The third kappa shape index (κ3) is 5.74. The van der Waals surface area contributed by atoms with Gasteiger partial charge in [0.15, 0.2) is 6.10 Å². The van der Waals surface area contributed by atoms with Crippen molar-refractivity contribution < 1.29 is 19.1 Å². The molecular formula is C10H19ClN2O4. The Morgan fingerprint density at radius 2 is 2.29 bits per heavy atom. The average Bonchev–Trinajstić information content (AvgIpc) is 2.59. The number of carbonyl (C=O) groups is 2. The molecule has 0 radical (unpaired) electrons. The molecule has 1 amide bonds. The van der Waals surface area contributed by atoms with Crippen LogP contribution in [0.25, 0.3) is 0 Å². The van der Waals surface area contributed by atoms with E-state index in [2.05, 4.69) is 5.32 Å². The smallest absolute Gasteiger partial charge is 0.407 e. The number of rotatable bonds is 5. The van der Waals surface area contributed by atoms with Crippen LogP contribution >= 0.6 is 12.4 Å². The molecule has 2 atom stereocenters. The summed E-state index contributed by atoms with van der Waals surface area (Å²) in [5, 5.41) is 2.47. The van der Waals surface area contributed by atoms with E-state index in [1.807, 2.05) is 13.8 Å². The Labute approximate surface area is 107 Å². The van der Waals surface area contributed by atoms with Crippen LogP contribution in [0.15, 0.2) is 0 Å². The zero-order valence-corrected chi connectivity index (χ0v) is 10.8.